The molecule has 0 aliphatic carbocycles. The number of carbonyl (C=O) groups excluding carboxylic acids is 1. The normalized spacial score (nSPS) is 16.6. The van der Waals surface area contributed by atoms with E-state index >= 15 is 0 Å². The summed E-state index contributed by atoms with van der Waals surface area (Å²) in [6.07, 6.45) is 1.86. The summed E-state index contributed by atoms with van der Waals surface area (Å²) in [4.78, 5) is 14.2. The molecule has 0 spiro atoms. The number of rotatable bonds is 2. The molecule has 1 saturated heterocycles. The standard InChI is InChI=1S/C14H18BrNO2/c1-10-9-11(3-4-13(10)15)14(17)16(2)12-5-7-18-8-6-12/h3-4,9,12H,5-8H2,1-2H3. The number of nitrogens with zero attached hydrogens (tertiary/aromatic N) is 1. The van der Waals surface area contributed by atoms with Crippen LogP contribution in [0.1, 0.15) is 28.8 Å². The Morgan fingerprint density at radius 1 is 1.39 bits per heavy atom. The lowest BCUT2D eigenvalue weighted by molar-refractivity contribution is 0.0362. The van der Waals surface area contributed by atoms with Crippen LogP contribution in [0.5, 0.6) is 0 Å². The van der Waals surface area contributed by atoms with E-state index in [0.717, 1.165) is 41.7 Å². The first kappa shape index (κ1) is 13.6. The Labute approximate surface area is 116 Å². The second kappa shape index (κ2) is 5.85. The lowest BCUT2D eigenvalue weighted by atomic mass is 10.1. The number of hydrogen-bond acceptors (Lipinski definition) is 2. The van der Waals surface area contributed by atoms with Gasteiger partial charge >= 0.3 is 0 Å². The predicted molar refractivity (Wildman–Crippen MR) is 74.8 cm³/mol. The zero-order valence-electron chi connectivity index (χ0n) is 10.8. The minimum atomic E-state index is 0.0949. The molecule has 0 unspecified atom stereocenters. The van der Waals surface area contributed by atoms with Crippen LogP contribution in [0.2, 0.25) is 0 Å². The molecule has 2 rings (SSSR count). The number of ether oxygens (including phenoxy) is 1. The van der Waals surface area contributed by atoms with E-state index in [0.29, 0.717) is 6.04 Å². The second-order valence-corrected chi connectivity index (χ2v) is 5.58. The van der Waals surface area contributed by atoms with E-state index in [1.54, 1.807) is 0 Å². The number of benzene rings is 1. The van der Waals surface area contributed by atoms with Crippen LogP contribution in [-0.2, 0) is 4.74 Å². The molecule has 1 aromatic carbocycles. The zero-order chi connectivity index (χ0) is 13.1. The highest BCUT2D eigenvalue weighted by Crippen LogP contribution is 2.20. The third-order valence-corrected chi connectivity index (χ3v) is 4.35. The van der Waals surface area contributed by atoms with Crippen LogP contribution in [0, 0.1) is 6.92 Å². The van der Waals surface area contributed by atoms with Gasteiger partial charge in [-0.15, -0.1) is 0 Å². The Morgan fingerprint density at radius 3 is 2.67 bits per heavy atom. The number of aryl methyl sites for hydroxylation is 1. The molecule has 1 fully saturated rings. The molecule has 1 aliphatic heterocycles. The molecule has 3 nitrogen and oxygen atoms in total. The molecule has 1 heterocycles. The van der Waals surface area contributed by atoms with Gasteiger partial charge in [-0.3, -0.25) is 4.79 Å². The summed E-state index contributed by atoms with van der Waals surface area (Å²) in [5.41, 5.74) is 1.84. The Hall–Kier alpha value is -0.870. The summed E-state index contributed by atoms with van der Waals surface area (Å²) in [6, 6.07) is 6.04. The lowest BCUT2D eigenvalue weighted by Crippen LogP contribution is -2.40. The van der Waals surface area contributed by atoms with Crippen molar-refractivity contribution in [2.24, 2.45) is 0 Å². The van der Waals surface area contributed by atoms with Crippen LogP contribution in [0.25, 0.3) is 0 Å². The van der Waals surface area contributed by atoms with Crippen molar-refractivity contribution in [3.63, 3.8) is 0 Å². The summed E-state index contributed by atoms with van der Waals surface area (Å²) in [7, 11) is 1.88. The van der Waals surface area contributed by atoms with Gasteiger partial charge in [0.1, 0.15) is 0 Å². The SMILES string of the molecule is Cc1cc(C(=O)N(C)C2CCOCC2)ccc1Br. The first-order chi connectivity index (χ1) is 8.59. The summed E-state index contributed by atoms with van der Waals surface area (Å²) in [5.74, 6) is 0.0949. The highest BCUT2D eigenvalue weighted by molar-refractivity contribution is 9.10. The van der Waals surface area contributed by atoms with Gasteiger partial charge in [0.05, 0.1) is 0 Å². The molecule has 18 heavy (non-hydrogen) atoms. The van der Waals surface area contributed by atoms with Crippen molar-refractivity contribution in [1.29, 1.82) is 0 Å². The zero-order valence-corrected chi connectivity index (χ0v) is 12.4. The van der Waals surface area contributed by atoms with Crippen LogP contribution >= 0.6 is 15.9 Å². The predicted octanol–water partition coefficient (Wildman–Crippen LogP) is 3.01. The van der Waals surface area contributed by atoms with E-state index in [-0.39, 0.29) is 5.91 Å². The third-order valence-electron chi connectivity index (χ3n) is 3.46. The minimum absolute atomic E-state index is 0.0949. The number of hydrogen-bond donors (Lipinski definition) is 0. The first-order valence-corrected chi connectivity index (χ1v) is 7.00. The topological polar surface area (TPSA) is 29.5 Å². The van der Waals surface area contributed by atoms with Crippen LogP contribution in [-0.4, -0.2) is 37.1 Å². The van der Waals surface area contributed by atoms with Crippen molar-refractivity contribution in [3.05, 3.63) is 33.8 Å². The molecule has 4 heteroatoms. The van der Waals surface area contributed by atoms with Crippen LogP contribution in [0.4, 0.5) is 0 Å². The van der Waals surface area contributed by atoms with E-state index in [1.807, 2.05) is 37.1 Å². The molecule has 0 radical (unpaired) electrons. The van der Waals surface area contributed by atoms with Gasteiger partial charge in [0, 0.05) is 36.3 Å². The van der Waals surface area contributed by atoms with Crippen LogP contribution < -0.4 is 0 Å². The molecule has 1 amide bonds. The Morgan fingerprint density at radius 2 is 2.06 bits per heavy atom. The van der Waals surface area contributed by atoms with Gasteiger partial charge in [-0.2, -0.15) is 0 Å². The average Bonchev–Trinajstić information content (AvgIpc) is 2.41. The lowest BCUT2D eigenvalue weighted by Gasteiger charge is -2.31. The highest BCUT2D eigenvalue weighted by Gasteiger charge is 2.23. The summed E-state index contributed by atoms with van der Waals surface area (Å²) >= 11 is 3.45. The van der Waals surface area contributed by atoms with Gasteiger partial charge in [0.15, 0.2) is 0 Å². The minimum Gasteiger partial charge on any atom is -0.381 e. The maximum atomic E-state index is 12.4. The van der Waals surface area contributed by atoms with E-state index in [4.69, 9.17) is 4.74 Å². The van der Waals surface area contributed by atoms with Gasteiger partial charge in [0.2, 0.25) is 0 Å². The fourth-order valence-corrected chi connectivity index (χ4v) is 2.47. The van der Waals surface area contributed by atoms with Crippen molar-refractivity contribution < 1.29 is 9.53 Å². The number of amides is 1. The molecule has 98 valence electrons. The fraction of sp³-hybridized carbons (Fsp3) is 0.500. The van der Waals surface area contributed by atoms with Gasteiger partial charge in [0.25, 0.3) is 5.91 Å². The van der Waals surface area contributed by atoms with Crippen LogP contribution in [0.3, 0.4) is 0 Å². The smallest absolute Gasteiger partial charge is 0.253 e. The van der Waals surface area contributed by atoms with Crippen molar-refractivity contribution >= 4 is 21.8 Å². The Balaban J connectivity index is 2.11. The third kappa shape index (κ3) is 2.93. The highest BCUT2D eigenvalue weighted by atomic mass is 79.9. The average molecular weight is 312 g/mol. The summed E-state index contributed by atoms with van der Waals surface area (Å²) in [5, 5.41) is 0. The molecule has 0 bridgehead atoms. The van der Waals surface area contributed by atoms with Gasteiger partial charge in [-0.1, -0.05) is 15.9 Å². The Kier molecular flexibility index (Phi) is 4.40. The second-order valence-electron chi connectivity index (χ2n) is 4.72. The largest absolute Gasteiger partial charge is 0.381 e. The maximum absolute atomic E-state index is 12.4. The molecule has 0 saturated carbocycles. The van der Waals surface area contributed by atoms with E-state index in [9.17, 15) is 4.79 Å². The molecule has 1 aromatic rings. The van der Waals surface area contributed by atoms with Crippen molar-refractivity contribution in [2.45, 2.75) is 25.8 Å². The molecular weight excluding hydrogens is 294 g/mol. The van der Waals surface area contributed by atoms with Crippen LogP contribution in [0.15, 0.2) is 22.7 Å². The number of halogens is 1. The van der Waals surface area contributed by atoms with Gasteiger partial charge in [-0.05, 0) is 43.5 Å². The molecule has 0 atom stereocenters. The Bertz CT molecular complexity index is 441. The van der Waals surface area contributed by atoms with Gasteiger partial charge < -0.3 is 9.64 Å². The maximum Gasteiger partial charge on any atom is 0.253 e. The molecule has 1 aliphatic rings. The van der Waals surface area contributed by atoms with Gasteiger partial charge in [-0.25, -0.2) is 0 Å². The van der Waals surface area contributed by atoms with E-state index in [2.05, 4.69) is 15.9 Å². The van der Waals surface area contributed by atoms with Crippen molar-refractivity contribution in [1.82, 2.24) is 4.90 Å². The quantitative estimate of drug-likeness (QED) is 0.840. The fourth-order valence-electron chi connectivity index (χ4n) is 2.22. The van der Waals surface area contributed by atoms with E-state index in [1.165, 1.54) is 0 Å². The first-order valence-electron chi connectivity index (χ1n) is 6.20. The summed E-state index contributed by atoms with van der Waals surface area (Å²) in [6.45, 7) is 3.50. The molecule has 0 aromatic heterocycles. The number of carbonyl (C=O) groups is 1. The van der Waals surface area contributed by atoms with Crippen molar-refractivity contribution in [2.75, 3.05) is 20.3 Å². The van der Waals surface area contributed by atoms with Crippen molar-refractivity contribution in [3.8, 4) is 0 Å². The summed E-state index contributed by atoms with van der Waals surface area (Å²) < 4.78 is 6.36. The monoisotopic (exact) mass is 311 g/mol. The molecular formula is C14H18BrNO2. The van der Waals surface area contributed by atoms with E-state index < -0.39 is 0 Å². The molecule has 0 N–H and O–H groups in total.